The van der Waals surface area contributed by atoms with Crippen LogP contribution >= 0.6 is 0 Å². The number of hydrogen-bond donors (Lipinski definition) is 1. The molecule has 0 spiro atoms. The van der Waals surface area contributed by atoms with E-state index in [1.807, 2.05) is 18.2 Å². The van der Waals surface area contributed by atoms with Crippen LogP contribution in [0.2, 0.25) is 0 Å². The van der Waals surface area contributed by atoms with Crippen LogP contribution in [0.1, 0.15) is 18.4 Å². The number of fused-ring (bicyclic) bond motifs is 1. The molecule has 0 bridgehead atoms. The molecular formula is C25H29N3O6. The molecule has 0 unspecified atom stereocenters. The lowest BCUT2D eigenvalue weighted by atomic mass is 10.2. The normalized spacial score (nSPS) is 17.0. The van der Waals surface area contributed by atoms with Gasteiger partial charge in [-0.2, -0.15) is 0 Å². The molecule has 34 heavy (non-hydrogen) atoms. The van der Waals surface area contributed by atoms with Crippen LogP contribution in [0.3, 0.4) is 0 Å². The lowest BCUT2D eigenvalue weighted by Gasteiger charge is -2.31. The van der Waals surface area contributed by atoms with E-state index in [1.54, 1.807) is 37.4 Å². The van der Waals surface area contributed by atoms with Gasteiger partial charge in [-0.1, -0.05) is 24.3 Å². The predicted octanol–water partition coefficient (Wildman–Crippen LogP) is 1.74. The molecule has 180 valence electrons. The molecular weight excluding hydrogens is 438 g/mol. The minimum atomic E-state index is -0.340. The Balaban J connectivity index is 1.47. The van der Waals surface area contributed by atoms with E-state index in [1.165, 1.54) is 9.80 Å². The number of amides is 3. The monoisotopic (exact) mass is 467 g/mol. The van der Waals surface area contributed by atoms with Crippen LogP contribution in [0.15, 0.2) is 48.5 Å². The van der Waals surface area contributed by atoms with Gasteiger partial charge in [0.25, 0.3) is 5.91 Å². The molecule has 2 aliphatic rings. The van der Waals surface area contributed by atoms with E-state index in [9.17, 15) is 14.4 Å². The molecule has 3 amide bonds. The van der Waals surface area contributed by atoms with Crippen LogP contribution in [-0.4, -0.2) is 68.7 Å². The van der Waals surface area contributed by atoms with Crippen molar-refractivity contribution in [2.24, 2.45) is 0 Å². The van der Waals surface area contributed by atoms with Gasteiger partial charge in [0.1, 0.15) is 18.0 Å². The van der Waals surface area contributed by atoms with Gasteiger partial charge in [-0.3, -0.25) is 19.3 Å². The Morgan fingerprint density at radius 1 is 1.18 bits per heavy atom. The minimum absolute atomic E-state index is 0.0113. The lowest BCUT2D eigenvalue weighted by Crippen LogP contribution is -2.49. The first kappa shape index (κ1) is 23.6. The van der Waals surface area contributed by atoms with Crippen molar-refractivity contribution in [3.63, 3.8) is 0 Å². The summed E-state index contributed by atoms with van der Waals surface area (Å²) >= 11 is 0. The highest BCUT2D eigenvalue weighted by molar-refractivity contribution is 6.02. The van der Waals surface area contributed by atoms with Crippen molar-refractivity contribution in [2.45, 2.75) is 25.5 Å². The van der Waals surface area contributed by atoms with Crippen molar-refractivity contribution < 1.29 is 28.6 Å². The Labute approximate surface area is 198 Å². The Bertz CT molecular complexity index is 1020. The number of ether oxygens (including phenoxy) is 3. The van der Waals surface area contributed by atoms with Crippen LogP contribution in [0.4, 0.5) is 5.69 Å². The largest absolute Gasteiger partial charge is 0.497 e. The van der Waals surface area contributed by atoms with Crippen LogP contribution < -0.4 is 19.7 Å². The molecule has 0 aliphatic carbocycles. The molecule has 9 heteroatoms. The van der Waals surface area contributed by atoms with Crippen LogP contribution in [-0.2, 0) is 25.7 Å². The third-order valence-electron chi connectivity index (χ3n) is 5.87. The first-order chi connectivity index (χ1) is 16.5. The van der Waals surface area contributed by atoms with Gasteiger partial charge in [-0.15, -0.1) is 0 Å². The summed E-state index contributed by atoms with van der Waals surface area (Å²) < 4.78 is 16.2. The zero-order valence-electron chi connectivity index (χ0n) is 19.2. The number of carbonyl (C=O) groups excluding carboxylic acids is 3. The van der Waals surface area contributed by atoms with Crippen molar-refractivity contribution in [3.8, 4) is 11.5 Å². The zero-order chi connectivity index (χ0) is 23.9. The van der Waals surface area contributed by atoms with E-state index in [-0.39, 0.29) is 50.1 Å². The molecule has 2 aliphatic heterocycles. The Kier molecular flexibility index (Phi) is 7.64. The summed E-state index contributed by atoms with van der Waals surface area (Å²) in [5.41, 5.74) is 1.38. The van der Waals surface area contributed by atoms with Gasteiger partial charge in [0.2, 0.25) is 11.8 Å². The summed E-state index contributed by atoms with van der Waals surface area (Å²) in [6.07, 6.45) is 1.91. The molecule has 0 saturated carbocycles. The summed E-state index contributed by atoms with van der Waals surface area (Å²) in [6.45, 7) is 0.892. The Hall–Kier alpha value is -3.59. The average Bonchev–Trinajstić information content (AvgIpc) is 3.38. The highest BCUT2D eigenvalue weighted by atomic mass is 16.5. The van der Waals surface area contributed by atoms with Gasteiger partial charge in [0.15, 0.2) is 6.61 Å². The summed E-state index contributed by atoms with van der Waals surface area (Å²) in [7, 11) is 1.58. The van der Waals surface area contributed by atoms with Crippen LogP contribution in [0.25, 0.3) is 0 Å². The second-order valence-electron chi connectivity index (χ2n) is 8.27. The fourth-order valence-electron chi connectivity index (χ4n) is 4.01. The molecule has 1 saturated heterocycles. The van der Waals surface area contributed by atoms with E-state index in [2.05, 4.69) is 5.32 Å². The minimum Gasteiger partial charge on any atom is -0.497 e. The molecule has 2 aromatic rings. The Morgan fingerprint density at radius 2 is 1.97 bits per heavy atom. The van der Waals surface area contributed by atoms with E-state index < -0.39 is 0 Å². The van der Waals surface area contributed by atoms with E-state index >= 15 is 0 Å². The summed E-state index contributed by atoms with van der Waals surface area (Å²) in [4.78, 5) is 41.4. The fraction of sp³-hybridized carbons (Fsp3) is 0.400. The summed E-state index contributed by atoms with van der Waals surface area (Å²) in [6, 6.07) is 14.4. The predicted molar refractivity (Wildman–Crippen MR) is 125 cm³/mol. The van der Waals surface area contributed by atoms with Gasteiger partial charge < -0.3 is 24.4 Å². The molecule has 0 aromatic heterocycles. The number of benzene rings is 2. The molecule has 1 N–H and O–H groups in total. The van der Waals surface area contributed by atoms with Gasteiger partial charge in [0, 0.05) is 19.7 Å². The average molecular weight is 468 g/mol. The third kappa shape index (κ3) is 5.85. The zero-order valence-corrected chi connectivity index (χ0v) is 19.2. The molecule has 0 radical (unpaired) electrons. The maximum absolute atomic E-state index is 13.4. The van der Waals surface area contributed by atoms with Crippen molar-refractivity contribution in [3.05, 3.63) is 54.1 Å². The molecule has 9 nitrogen and oxygen atoms in total. The third-order valence-corrected chi connectivity index (χ3v) is 5.87. The maximum atomic E-state index is 13.4. The van der Waals surface area contributed by atoms with Crippen molar-refractivity contribution in [2.75, 3.05) is 44.9 Å². The molecule has 2 heterocycles. The smallest absolute Gasteiger partial charge is 0.265 e. The first-order valence-electron chi connectivity index (χ1n) is 11.3. The maximum Gasteiger partial charge on any atom is 0.265 e. The summed E-state index contributed by atoms with van der Waals surface area (Å²) in [5.74, 6) is 0.329. The Morgan fingerprint density at radius 3 is 2.71 bits per heavy atom. The SMILES string of the molecule is COc1ccc(CN(CC(=O)NC[C@H]2CCCO2)C(=O)CN2C(=O)COc3ccccc32)cc1. The number of nitrogens with zero attached hydrogens (tertiary/aromatic N) is 2. The van der Waals surface area contributed by atoms with E-state index in [0.717, 1.165) is 18.4 Å². The number of methoxy groups -OCH3 is 1. The molecule has 1 fully saturated rings. The van der Waals surface area contributed by atoms with Crippen molar-refractivity contribution in [1.29, 1.82) is 0 Å². The number of para-hydroxylation sites is 2. The first-order valence-corrected chi connectivity index (χ1v) is 11.3. The van der Waals surface area contributed by atoms with Crippen LogP contribution in [0, 0.1) is 0 Å². The fourth-order valence-corrected chi connectivity index (χ4v) is 4.01. The molecule has 2 aromatic carbocycles. The number of anilines is 1. The number of nitrogens with one attached hydrogen (secondary N) is 1. The highest BCUT2D eigenvalue weighted by Gasteiger charge is 2.29. The standard InChI is InChI=1S/C25H29N3O6/c1-32-19-10-8-18(9-11-19)14-27(15-23(29)26-13-20-5-4-12-33-20)24(30)16-28-21-6-2-3-7-22(21)34-17-25(28)31/h2-3,6-11,20H,4-5,12-17H2,1H3,(H,26,29)/t20-/m1/s1. The van der Waals surface area contributed by atoms with Gasteiger partial charge in [-0.05, 0) is 42.7 Å². The molecule has 1 atom stereocenters. The van der Waals surface area contributed by atoms with E-state index in [0.29, 0.717) is 30.3 Å². The van der Waals surface area contributed by atoms with Gasteiger partial charge in [-0.25, -0.2) is 0 Å². The quantitative estimate of drug-likeness (QED) is 0.604. The molecule has 4 rings (SSSR count). The van der Waals surface area contributed by atoms with Gasteiger partial charge in [0.05, 0.1) is 25.4 Å². The highest BCUT2D eigenvalue weighted by Crippen LogP contribution is 2.31. The topological polar surface area (TPSA) is 97.4 Å². The van der Waals surface area contributed by atoms with Crippen LogP contribution in [0.5, 0.6) is 11.5 Å². The number of carbonyl (C=O) groups is 3. The number of hydrogen-bond acceptors (Lipinski definition) is 6. The van der Waals surface area contributed by atoms with E-state index in [4.69, 9.17) is 14.2 Å². The second-order valence-corrected chi connectivity index (χ2v) is 8.27. The van der Waals surface area contributed by atoms with Crippen molar-refractivity contribution >= 4 is 23.4 Å². The summed E-state index contributed by atoms with van der Waals surface area (Å²) in [5, 5.41) is 2.86. The second kappa shape index (κ2) is 11.0. The van der Waals surface area contributed by atoms with Crippen molar-refractivity contribution in [1.82, 2.24) is 10.2 Å². The lowest BCUT2D eigenvalue weighted by molar-refractivity contribution is -0.136. The van der Waals surface area contributed by atoms with Gasteiger partial charge >= 0.3 is 0 Å². The number of rotatable bonds is 9.